The Kier molecular flexibility index (Phi) is 10.6. The van der Waals surface area contributed by atoms with Crippen LogP contribution >= 0.6 is 0 Å². The Morgan fingerprint density at radius 3 is 2.09 bits per heavy atom. The van der Waals surface area contributed by atoms with Crippen LogP contribution in [0.1, 0.15) is 46.5 Å². The predicted molar refractivity (Wildman–Crippen MR) is 89.5 cm³/mol. The van der Waals surface area contributed by atoms with Gasteiger partial charge in [0.25, 0.3) is 10.1 Å². The monoisotopic (exact) mass is 336 g/mol. The van der Waals surface area contributed by atoms with Crippen molar-refractivity contribution in [2.75, 3.05) is 39.0 Å². The largest absolute Gasteiger partial charge is 0.343 e. The first-order valence-electron chi connectivity index (χ1n) is 8.17. The van der Waals surface area contributed by atoms with Crippen molar-refractivity contribution in [1.29, 1.82) is 0 Å². The molecule has 0 spiro atoms. The second kappa shape index (κ2) is 11.0. The molecule has 0 aromatic carbocycles. The first-order valence-corrected chi connectivity index (χ1v) is 9.78. The van der Waals surface area contributed by atoms with Gasteiger partial charge in [0.05, 0.1) is 5.75 Å². The van der Waals surface area contributed by atoms with Crippen LogP contribution in [0.15, 0.2) is 0 Å². The predicted octanol–water partition coefficient (Wildman–Crippen LogP) is 1.87. The molecular weight excluding hydrogens is 304 g/mol. The molecule has 7 heteroatoms. The van der Waals surface area contributed by atoms with E-state index in [9.17, 15) is 13.2 Å². The number of hydrogen-bond donors (Lipinski definition) is 1. The zero-order valence-electron chi connectivity index (χ0n) is 14.4. The molecular formula is C15H32N2O4S. The molecule has 0 aliphatic rings. The van der Waals surface area contributed by atoms with E-state index in [2.05, 4.69) is 0 Å². The van der Waals surface area contributed by atoms with Crippen molar-refractivity contribution < 1.29 is 17.8 Å². The lowest BCUT2D eigenvalue weighted by molar-refractivity contribution is -0.135. The third kappa shape index (κ3) is 9.38. The van der Waals surface area contributed by atoms with Gasteiger partial charge < -0.3 is 9.80 Å². The zero-order chi connectivity index (χ0) is 17.2. The maximum Gasteiger partial charge on any atom is 0.264 e. The fourth-order valence-corrected chi connectivity index (χ4v) is 3.03. The lowest BCUT2D eigenvalue weighted by Crippen LogP contribution is -2.36. The summed E-state index contributed by atoms with van der Waals surface area (Å²) in [5.41, 5.74) is 0. The van der Waals surface area contributed by atoms with Crippen LogP contribution in [0.4, 0.5) is 0 Å². The first-order chi connectivity index (χ1) is 10.2. The molecule has 0 bridgehead atoms. The van der Waals surface area contributed by atoms with Gasteiger partial charge >= 0.3 is 0 Å². The van der Waals surface area contributed by atoms with Gasteiger partial charge in [-0.05, 0) is 59.7 Å². The number of rotatable bonds is 12. The van der Waals surface area contributed by atoms with Crippen LogP contribution in [-0.4, -0.2) is 67.7 Å². The smallest absolute Gasteiger partial charge is 0.264 e. The summed E-state index contributed by atoms with van der Waals surface area (Å²) in [5, 5.41) is 0. The standard InChI is InChI=1S/C15H32N2O4S/c1-5-14(15(18)17(6-2)7-3)10-8-11-16(4)12-9-13-22(19,20)21/h14H,5-13H2,1-4H3,(H,19,20,21)/t14-/m1/s1. The quantitative estimate of drug-likeness (QED) is 0.551. The van der Waals surface area contributed by atoms with Gasteiger partial charge in [-0.1, -0.05) is 6.92 Å². The SMILES string of the molecule is CC[C@H](CCCN(C)CCCS(=O)(=O)O)C(=O)N(CC)CC. The molecule has 132 valence electrons. The van der Waals surface area contributed by atoms with Crippen molar-refractivity contribution in [3.63, 3.8) is 0 Å². The molecule has 0 aliphatic carbocycles. The Morgan fingerprint density at radius 1 is 1.09 bits per heavy atom. The molecule has 0 radical (unpaired) electrons. The molecule has 0 aromatic heterocycles. The summed E-state index contributed by atoms with van der Waals surface area (Å²) in [6.07, 6.45) is 3.04. The van der Waals surface area contributed by atoms with E-state index < -0.39 is 10.1 Å². The highest BCUT2D eigenvalue weighted by Crippen LogP contribution is 2.15. The van der Waals surface area contributed by atoms with Crippen molar-refractivity contribution in [1.82, 2.24) is 9.80 Å². The van der Waals surface area contributed by atoms with E-state index in [1.54, 1.807) is 0 Å². The molecule has 0 aliphatic heterocycles. The molecule has 0 aromatic rings. The first kappa shape index (κ1) is 21.3. The van der Waals surface area contributed by atoms with E-state index in [0.29, 0.717) is 13.0 Å². The van der Waals surface area contributed by atoms with Crippen molar-refractivity contribution in [2.24, 2.45) is 5.92 Å². The van der Waals surface area contributed by atoms with Gasteiger partial charge in [0.15, 0.2) is 0 Å². The minimum Gasteiger partial charge on any atom is -0.343 e. The summed E-state index contributed by atoms with van der Waals surface area (Å²) in [6.45, 7) is 8.99. The van der Waals surface area contributed by atoms with Gasteiger partial charge in [0.2, 0.25) is 5.91 Å². The molecule has 0 saturated heterocycles. The van der Waals surface area contributed by atoms with Gasteiger partial charge in [-0.2, -0.15) is 8.42 Å². The maximum atomic E-state index is 12.3. The van der Waals surface area contributed by atoms with Gasteiger partial charge in [-0.25, -0.2) is 0 Å². The van der Waals surface area contributed by atoms with Crippen molar-refractivity contribution >= 4 is 16.0 Å². The average Bonchev–Trinajstić information content (AvgIpc) is 2.43. The Morgan fingerprint density at radius 2 is 1.64 bits per heavy atom. The van der Waals surface area contributed by atoms with E-state index >= 15 is 0 Å². The van der Waals surface area contributed by atoms with Crippen LogP contribution in [0, 0.1) is 5.92 Å². The Labute approximate surface area is 135 Å². The third-order valence-corrected chi connectivity index (χ3v) is 4.76. The summed E-state index contributed by atoms with van der Waals surface area (Å²) >= 11 is 0. The summed E-state index contributed by atoms with van der Waals surface area (Å²) in [6, 6.07) is 0. The van der Waals surface area contributed by atoms with Crippen molar-refractivity contribution in [2.45, 2.75) is 46.5 Å². The lowest BCUT2D eigenvalue weighted by Gasteiger charge is -2.25. The van der Waals surface area contributed by atoms with E-state index in [4.69, 9.17) is 4.55 Å². The second-order valence-electron chi connectivity index (χ2n) is 5.70. The molecule has 0 unspecified atom stereocenters. The normalized spacial score (nSPS) is 13.4. The number of nitrogens with zero attached hydrogens (tertiary/aromatic N) is 2. The van der Waals surface area contributed by atoms with Gasteiger partial charge in [-0.3, -0.25) is 9.35 Å². The molecule has 1 atom stereocenters. The second-order valence-corrected chi connectivity index (χ2v) is 7.27. The molecule has 0 heterocycles. The van der Waals surface area contributed by atoms with E-state index in [1.807, 2.05) is 37.6 Å². The Hall–Kier alpha value is -0.660. The molecule has 6 nitrogen and oxygen atoms in total. The molecule has 0 rings (SSSR count). The van der Waals surface area contributed by atoms with Crippen molar-refractivity contribution in [3.8, 4) is 0 Å². The minimum atomic E-state index is -3.86. The number of amides is 1. The highest BCUT2D eigenvalue weighted by Gasteiger charge is 2.20. The van der Waals surface area contributed by atoms with Crippen LogP contribution in [0.5, 0.6) is 0 Å². The van der Waals surface area contributed by atoms with Crippen LogP contribution in [0.2, 0.25) is 0 Å². The summed E-state index contributed by atoms with van der Waals surface area (Å²) in [4.78, 5) is 16.2. The van der Waals surface area contributed by atoms with E-state index in [-0.39, 0.29) is 17.6 Å². The van der Waals surface area contributed by atoms with E-state index in [1.165, 1.54) is 0 Å². The average molecular weight is 336 g/mol. The van der Waals surface area contributed by atoms with Crippen LogP contribution in [0.3, 0.4) is 0 Å². The van der Waals surface area contributed by atoms with Crippen LogP contribution < -0.4 is 0 Å². The highest BCUT2D eigenvalue weighted by atomic mass is 32.2. The fraction of sp³-hybridized carbons (Fsp3) is 0.933. The fourth-order valence-electron chi connectivity index (χ4n) is 2.53. The molecule has 22 heavy (non-hydrogen) atoms. The van der Waals surface area contributed by atoms with Crippen LogP contribution in [0.25, 0.3) is 0 Å². The topological polar surface area (TPSA) is 77.9 Å². The number of hydrogen-bond acceptors (Lipinski definition) is 4. The summed E-state index contributed by atoms with van der Waals surface area (Å²) in [5.74, 6) is 0.114. The number of carbonyl (C=O) groups is 1. The van der Waals surface area contributed by atoms with Gasteiger partial charge in [0.1, 0.15) is 0 Å². The molecule has 0 fully saturated rings. The van der Waals surface area contributed by atoms with Crippen molar-refractivity contribution in [3.05, 3.63) is 0 Å². The molecule has 1 N–H and O–H groups in total. The summed E-state index contributed by atoms with van der Waals surface area (Å²) in [7, 11) is -1.93. The van der Waals surface area contributed by atoms with Gasteiger partial charge in [-0.15, -0.1) is 0 Å². The third-order valence-electron chi connectivity index (χ3n) is 3.95. The van der Waals surface area contributed by atoms with Crippen LogP contribution in [-0.2, 0) is 14.9 Å². The Balaban J connectivity index is 4.07. The maximum absolute atomic E-state index is 12.3. The zero-order valence-corrected chi connectivity index (χ0v) is 15.2. The molecule has 1 amide bonds. The van der Waals surface area contributed by atoms with E-state index in [0.717, 1.165) is 38.9 Å². The minimum absolute atomic E-state index is 0.0751. The lowest BCUT2D eigenvalue weighted by atomic mass is 9.98. The molecule has 0 saturated carbocycles. The summed E-state index contributed by atoms with van der Waals surface area (Å²) < 4.78 is 30.0. The van der Waals surface area contributed by atoms with Gasteiger partial charge in [0, 0.05) is 19.0 Å². The highest BCUT2D eigenvalue weighted by molar-refractivity contribution is 7.85. The number of carbonyl (C=O) groups excluding carboxylic acids is 1. The Bertz CT molecular complexity index is 408.